The lowest BCUT2D eigenvalue weighted by atomic mass is 9.92. The van der Waals surface area contributed by atoms with Crippen molar-refractivity contribution in [2.24, 2.45) is 4.99 Å². The van der Waals surface area contributed by atoms with Crippen molar-refractivity contribution >= 4 is 28.8 Å². The first-order valence-corrected chi connectivity index (χ1v) is 11.4. The van der Waals surface area contributed by atoms with Crippen molar-refractivity contribution in [3.8, 4) is 5.75 Å². The largest absolute Gasteiger partial charge is 0.497 e. The molecule has 2 aliphatic heterocycles. The lowest BCUT2D eigenvalue weighted by Crippen LogP contribution is -2.38. The number of carbonyl (C=O) groups is 2. The zero-order valence-electron chi connectivity index (χ0n) is 18.7. The summed E-state index contributed by atoms with van der Waals surface area (Å²) in [7, 11) is 2.96. The van der Waals surface area contributed by atoms with Crippen molar-refractivity contribution in [1.29, 1.82) is 0 Å². The third kappa shape index (κ3) is 4.68. The van der Waals surface area contributed by atoms with Gasteiger partial charge in [-0.05, 0) is 41.7 Å². The number of amidine groups is 1. The van der Waals surface area contributed by atoms with Gasteiger partial charge in [-0.3, -0.25) is 4.79 Å². The first-order chi connectivity index (χ1) is 16.0. The molecule has 0 unspecified atom stereocenters. The van der Waals surface area contributed by atoms with Gasteiger partial charge in [0.1, 0.15) is 11.5 Å². The fraction of sp³-hybridized carbons (Fsp3) is 0.292. The Hall–Kier alpha value is -3.46. The average molecular weight is 468 g/mol. The number of rotatable bonds is 8. The van der Waals surface area contributed by atoms with Gasteiger partial charge < -0.3 is 24.1 Å². The predicted octanol–water partition coefficient (Wildman–Crippen LogP) is 4.13. The SMILES string of the molecule is CCC1=C(C(=O)OC)[C@@H](c2cccc(OC)c2)N2C(CC(=O)NCc3ccco3)=CSC2=N1. The van der Waals surface area contributed by atoms with Gasteiger partial charge in [-0.1, -0.05) is 30.8 Å². The highest BCUT2D eigenvalue weighted by Gasteiger charge is 2.41. The van der Waals surface area contributed by atoms with Gasteiger partial charge in [0.25, 0.3) is 0 Å². The van der Waals surface area contributed by atoms with Crippen molar-refractivity contribution in [3.05, 3.63) is 76.4 Å². The number of allylic oxidation sites excluding steroid dienone is 1. The number of esters is 1. The Morgan fingerprint density at radius 1 is 1.24 bits per heavy atom. The number of ether oxygens (including phenoxy) is 2. The molecule has 33 heavy (non-hydrogen) atoms. The number of nitrogens with one attached hydrogen (secondary N) is 1. The van der Waals surface area contributed by atoms with Crippen LogP contribution in [0.1, 0.15) is 37.1 Å². The van der Waals surface area contributed by atoms with Crippen LogP contribution >= 0.6 is 11.8 Å². The summed E-state index contributed by atoms with van der Waals surface area (Å²) in [6.45, 7) is 2.26. The molecule has 0 aliphatic carbocycles. The van der Waals surface area contributed by atoms with Crippen LogP contribution in [-0.4, -0.2) is 36.2 Å². The highest BCUT2D eigenvalue weighted by Crippen LogP contribution is 2.45. The number of hydrogen-bond donors (Lipinski definition) is 1. The van der Waals surface area contributed by atoms with Crippen LogP contribution in [0.3, 0.4) is 0 Å². The molecule has 2 aliphatic rings. The van der Waals surface area contributed by atoms with E-state index in [0.717, 1.165) is 16.4 Å². The van der Waals surface area contributed by atoms with Gasteiger partial charge in [0, 0.05) is 5.70 Å². The standard InChI is InChI=1S/C24H25N3O5S/c1-4-19-21(23(29)31-3)22(15-7-5-8-17(11-15)30-2)27-16(14-33-24(27)26-19)12-20(28)25-13-18-9-6-10-32-18/h5-11,14,22H,4,12-13H2,1-3H3,(H,25,28)/t22-/m1/s1. The van der Waals surface area contributed by atoms with E-state index in [-0.39, 0.29) is 12.3 Å². The second kappa shape index (κ2) is 9.99. The lowest BCUT2D eigenvalue weighted by molar-refractivity contribution is -0.136. The van der Waals surface area contributed by atoms with Gasteiger partial charge in [-0.2, -0.15) is 0 Å². The van der Waals surface area contributed by atoms with Crippen LogP contribution in [0.15, 0.2) is 74.4 Å². The molecule has 0 fully saturated rings. The Morgan fingerprint density at radius 2 is 2.09 bits per heavy atom. The van der Waals surface area contributed by atoms with Crippen LogP contribution in [0.25, 0.3) is 0 Å². The molecule has 1 N–H and O–H groups in total. The summed E-state index contributed by atoms with van der Waals surface area (Å²) in [5.74, 6) is 0.748. The molecule has 0 spiro atoms. The van der Waals surface area contributed by atoms with E-state index >= 15 is 0 Å². The van der Waals surface area contributed by atoms with Gasteiger partial charge in [-0.15, -0.1) is 0 Å². The molecule has 172 valence electrons. The zero-order valence-corrected chi connectivity index (χ0v) is 19.5. The summed E-state index contributed by atoms with van der Waals surface area (Å²) >= 11 is 1.44. The Labute approximate surface area is 196 Å². The Balaban J connectivity index is 1.67. The maximum Gasteiger partial charge on any atom is 0.338 e. The number of furan rings is 1. The van der Waals surface area contributed by atoms with Crippen LogP contribution in [0, 0.1) is 0 Å². The molecule has 8 nitrogen and oxygen atoms in total. The van der Waals surface area contributed by atoms with E-state index in [9.17, 15) is 9.59 Å². The van der Waals surface area contributed by atoms with Gasteiger partial charge in [0.05, 0.1) is 50.8 Å². The van der Waals surface area contributed by atoms with Crippen LogP contribution < -0.4 is 10.1 Å². The molecule has 0 radical (unpaired) electrons. The number of thioether (sulfide) groups is 1. The highest BCUT2D eigenvalue weighted by atomic mass is 32.2. The fourth-order valence-electron chi connectivity index (χ4n) is 3.87. The number of amides is 1. The number of methoxy groups -OCH3 is 2. The van der Waals surface area contributed by atoms with Crippen molar-refractivity contribution in [2.75, 3.05) is 14.2 Å². The summed E-state index contributed by atoms with van der Waals surface area (Å²) < 4.78 is 15.8. The predicted molar refractivity (Wildman–Crippen MR) is 125 cm³/mol. The van der Waals surface area contributed by atoms with Crippen molar-refractivity contribution in [3.63, 3.8) is 0 Å². The summed E-state index contributed by atoms with van der Waals surface area (Å²) in [6, 6.07) is 10.6. The zero-order chi connectivity index (χ0) is 23.4. The summed E-state index contributed by atoms with van der Waals surface area (Å²) in [5, 5.41) is 5.50. The maximum absolute atomic E-state index is 12.9. The number of fused-ring (bicyclic) bond motifs is 1. The van der Waals surface area contributed by atoms with E-state index in [2.05, 4.69) is 5.32 Å². The molecule has 0 saturated carbocycles. The molecule has 0 bridgehead atoms. The normalized spacial score (nSPS) is 17.3. The first kappa shape index (κ1) is 22.7. The molecule has 0 saturated heterocycles. The van der Waals surface area contributed by atoms with E-state index in [4.69, 9.17) is 18.9 Å². The highest BCUT2D eigenvalue weighted by molar-refractivity contribution is 8.16. The molecule has 1 aromatic heterocycles. The molecular weight excluding hydrogens is 442 g/mol. The molecule has 4 rings (SSSR count). The topological polar surface area (TPSA) is 93.4 Å². The van der Waals surface area contributed by atoms with Gasteiger partial charge in [-0.25, -0.2) is 9.79 Å². The minimum atomic E-state index is -0.492. The smallest absolute Gasteiger partial charge is 0.338 e. The van der Waals surface area contributed by atoms with E-state index < -0.39 is 12.0 Å². The number of nitrogens with zero attached hydrogens (tertiary/aromatic N) is 2. The molecule has 3 heterocycles. The third-order valence-electron chi connectivity index (χ3n) is 5.42. The first-order valence-electron chi connectivity index (χ1n) is 10.5. The number of benzene rings is 1. The van der Waals surface area contributed by atoms with Crippen molar-refractivity contribution in [1.82, 2.24) is 10.2 Å². The second-order valence-electron chi connectivity index (χ2n) is 7.41. The van der Waals surface area contributed by atoms with Crippen LogP contribution in [-0.2, 0) is 20.9 Å². The molecule has 1 atom stereocenters. The van der Waals surface area contributed by atoms with E-state index in [1.807, 2.05) is 41.5 Å². The Morgan fingerprint density at radius 3 is 2.79 bits per heavy atom. The number of aliphatic imine (C=N–C) groups is 1. The Kier molecular flexibility index (Phi) is 6.88. The average Bonchev–Trinajstić information content (AvgIpc) is 3.51. The van der Waals surface area contributed by atoms with Crippen molar-refractivity contribution < 1.29 is 23.5 Å². The molecular formula is C24H25N3O5S. The fourth-order valence-corrected chi connectivity index (χ4v) is 4.80. The quantitative estimate of drug-likeness (QED) is 0.584. The van der Waals surface area contributed by atoms with E-state index in [1.165, 1.54) is 18.9 Å². The Bertz CT molecular complexity index is 1140. The van der Waals surface area contributed by atoms with E-state index in [0.29, 0.717) is 35.7 Å². The summed E-state index contributed by atoms with van der Waals surface area (Å²) in [6.07, 6.45) is 2.27. The minimum Gasteiger partial charge on any atom is -0.497 e. The minimum absolute atomic E-state index is 0.128. The molecule has 9 heteroatoms. The molecule has 1 aromatic carbocycles. The van der Waals surface area contributed by atoms with Crippen molar-refractivity contribution in [2.45, 2.75) is 32.4 Å². The van der Waals surface area contributed by atoms with Gasteiger partial charge in [0.15, 0.2) is 5.17 Å². The summed E-state index contributed by atoms with van der Waals surface area (Å²) in [4.78, 5) is 32.3. The molecule has 2 aromatic rings. The van der Waals surface area contributed by atoms with Gasteiger partial charge >= 0.3 is 5.97 Å². The lowest BCUT2D eigenvalue weighted by Gasteiger charge is -2.36. The van der Waals surface area contributed by atoms with Gasteiger partial charge in [0.2, 0.25) is 5.91 Å². The number of carbonyl (C=O) groups excluding carboxylic acids is 2. The third-order valence-corrected chi connectivity index (χ3v) is 6.31. The summed E-state index contributed by atoms with van der Waals surface area (Å²) in [5.41, 5.74) is 2.73. The second-order valence-corrected chi connectivity index (χ2v) is 8.25. The monoisotopic (exact) mass is 467 g/mol. The van der Waals surface area contributed by atoms with Crippen LogP contribution in [0.4, 0.5) is 0 Å². The number of hydrogen-bond acceptors (Lipinski definition) is 8. The maximum atomic E-state index is 12.9. The molecule has 1 amide bonds. The van der Waals surface area contributed by atoms with Crippen LogP contribution in [0.2, 0.25) is 0 Å². The van der Waals surface area contributed by atoms with E-state index in [1.54, 1.807) is 25.5 Å². The van der Waals surface area contributed by atoms with Crippen LogP contribution in [0.5, 0.6) is 5.75 Å².